The maximum absolute atomic E-state index is 11.2. The molecule has 1 atom stereocenters. The Morgan fingerprint density at radius 1 is 1.20 bits per heavy atom. The number of primary amides is 1. The van der Waals surface area contributed by atoms with Gasteiger partial charge in [-0.25, -0.2) is 0 Å². The lowest BCUT2D eigenvalue weighted by Gasteiger charge is -2.34. The molecule has 146 valence electrons. The van der Waals surface area contributed by atoms with Crippen LogP contribution in [0.25, 0.3) is 0 Å². The minimum atomic E-state index is -0.189. The normalized spacial score (nSPS) is 21.9. The van der Waals surface area contributed by atoms with Gasteiger partial charge in [0.2, 0.25) is 5.91 Å². The molecule has 1 unspecified atom stereocenters. The van der Waals surface area contributed by atoms with Crippen LogP contribution in [0, 0.1) is 5.92 Å². The predicted octanol–water partition coefficient (Wildman–Crippen LogP) is 2.03. The van der Waals surface area contributed by atoms with Crippen molar-refractivity contribution in [2.45, 2.75) is 51.9 Å². The molecular weight excluding hydrogens is 429 g/mol. The summed E-state index contributed by atoms with van der Waals surface area (Å²) in [6.45, 7) is 9.56. The van der Waals surface area contributed by atoms with Crippen molar-refractivity contribution in [3.63, 3.8) is 0 Å². The fourth-order valence-electron chi connectivity index (χ4n) is 3.77. The van der Waals surface area contributed by atoms with Gasteiger partial charge in [0.05, 0.1) is 0 Å². The molecule has 0 spiro atoms. The Bertz CT molecular complexity index is 412. The molecule has 0 aromatic rings. The predicted molar refractivity (Wildman–Crippen MR) is 114 cm³/mol. The van der Waals surface area contributed by atoms with Gasteiger partial charge < -0.3 is 20.9 Å². The van der Waals surface area contributed by atoms with E-state index in [0.29, 0.717) is 12.3 Å². The van der Waals surface area contributed by atoms with Crippen LogP contribution in [-0.2, 0) is 4.79 Å². The summed E-state index contributed by atoms with van der Waals surface area (Å²) in [5.41, 5.74) is 5.36. The summed E-state index contributed by atoms with van der Waals surface area (Å²) < 4.78 is 0. The van der Waals surface area contributed by atoms with Gasteiger partial charge in [0.15, 0.2) is 5.96 Å². The number of nitrogens with two attached hydrogens (primary N) is 1. The SMILES string of the molecule is CCNC(=NCCCCN1CCCC1)N1CCCC(CC(N)=O)C1.I. The number of rotatable bonds is 8. The number of nitrogens with one attached hydrogen (secondary N) is 1. The molecule has 2 aliphatic heterocycles. The molecule has 0 aliphatic carbocycles. The molecule has 6 nitrogen and oxygen atoms in total. The van der Waals surface area contributed by atoms with E-state index in [9.17, 15) is 4.79 Å². The Morgan fingerprint density at radius 2 is 1.96 bits per heavy atom. The Balaban J connectivity index is 0.00000312. The van der Waals surface area contributed by atoms with Crippen LogP contribution >= 0.6 is 24.0 Å². The lowest BCUT2D eigenvalue weighted by atomic mass is 9.95. The highest BCUT2D eigenvalue weighted by Crippen LogP contribution is 2.19. The van der Waals surface area contributed by atoms with Crippen molar-refractivity contribution in [2.24, 2.45) is 16.6 Å². The maximum atomic E-state index is 11.2. The van der Waals surface area contributed by atoms with E-state index in [-0.39, 0.29) is 29.9 Å². The van der Waals surface area contributed by atoms with E-state index >= 15 is 0 Å². The molecule has 2 saturated heterocycles. The van der Waals surface area contributed by atoms with Crippen LogP contribution < -0.4 is 11.1 Å². The summed E-state index contributed by atoms with van der Waals surface area (Å²) in [6.07, 6.45) is 7.79. The van der Waals surface area contributed by atoms with Crippen LogP contribution in [0.2, 0.25) is 0 Å². The number of likely N-dealkylation sites (tertiary alicyclic amines) is 2. The largest absolute Gasteiger partial charge is 0.370 e. The first-order valence-electron chi connectivity index (χ1n) is 9.73. The zero-order valence-corrected chi connectivity index (χ0v) is 18.0. The number of aliphatic imine (C=N–C) groups is 1. The molecule has 0 saturated carbocycles. The molecular formula is C18H36IN5O. The zero-order valence-electron chi connectivity index (χ0n) is 15.7. The number of piperidine rings is 1. The smallest absolute Gasteiger partial charge is 0.217 e. The van der Waals surface area contributed by atoms with Gasteiger partial charge in [-0.3, -0.25) is 9.79 Å². The van der Waals surface area contributed by atoms with Crippen molar-refractivity contribution in [1.29, 1.82) is 0 Å². The Kier molecular flexibility index (Phi) is 11.4. The molecule has 0 radical (unpaired) electrons. The Hall–Kier alpha value is -0.570. The molecule has 7 heteroatoms. The minimum absolute atomic E-state index is 0. The van der Waals surface area contributed by atoms with Gasteiger partial charge >= 0.3 is 0 Å². The summed E-state index contributed by atoms with van der Waals surface area (Å²) in [4.78, 5) is 20.9. The van der Waals surface area contributed by atoms with E-state index in [2.05, 4.69) is 22.0 Å². The summed E-state index contributed by atoms with van der Waals surface area (Å²) in [6, 6.07) is 0. The third-order valence-electron chi connectivity index (χ3n) is 4.99. The molecule has 2 rings (SSSR count). The minimum Gasteiger partial charge on any atom is -0.370 e. The second kappa shape index (κ2) is 12.7. The van der Waals surface area contributed by atoms with Gasteiger partial charge in [-0.1, -0.05) is 0 Å². The van der Waals surface area contributed by atoms with E-state index in [0.717, 1.165) is 51.4 Å². The third-order valence-corrected chi connectivity index (χ3v) is 4.99. The number of hydrogen-bond donors (Lipinski definition) is 2. The van der Waals surface area contributed by atoms with Crippen LogP contribution in [0.1, 0.15) is 51.9 Å². The molecule has 1 amide bonds. The van der Waals surface area contributed by atoms with Crippen molar-refractivity contribution < 1.29 is 4.79 Å². The summed E-state index contributed by atoms with van der Waals surface area (Å²) >= 11 is 0. The van der Waals surface area contributed by atoms with Crippen molar-refractivity contribution in [2.75, 3.05) is 45.8 Å². The Labute approximate surface area is 170 Å². The van der Waals surface area contributed by atoms with Crippen LogP contribution in [-0.4, -0.2) is 67.5 Å². The molecule has 3 N–H and O–H groups in total. The van der Waals surface area contributed by atoms with Crippen molar-refractivity contribution in [3.05, 3.63) is 0 Å². The van der Waals surface area contributed by atoms with E-state index < -0.39 is 0 Å². The fraction of sp³-hybridized carbons (Fsp3) is 0.889. The molecule has 2 fully saturated rings. The summed E-state index contributed by atoms with van der Waals surface area (Å²) in [5.74, 6) is 1.19. The lowest BCUT2D eigenvalue weighted by Crippen LogP contribution is -2.47. The fourth-order valence-corrected chi connectivity index (χ4v) is 3.77. The number of halogens is 1. The molecule has 2 heterocycles. The molecule has 0 aromatic heterocycles. The van der Waals surface area contributed by atoms with Crippen molar-refractivity contribution in [3.8, 4) is 0 Å². The van der Waals surface area contributed by atoms with Crippen molar-refractivity contribution in [1.82, 2.24) is 15.1 Å². The lowest BCUT2D eigenvalue weighted by molar-refractivity contribution is -0.119. The number of carbonyl (C=O) groups is 1. The van der Waals surface area contributed by atoms with Gasteiger partial charge in [0.1, 0.15) is 0 Å². The zero-order chi connectivity index (χ0) is 17.2. The second-order valence-electron chi connectivity index (χ2n) is 7.12. The number of hydrogen-bond acceptors (Lipinski definition) is 3. The van der Waals surface area contributed by atoms with Gasteiger partial charge in [0, 0.05) is 32.6 Å². The average molecular weight is 465 g/mol. The first-order chi connectivity index (χ1) is 11.7. The van der Waals surface area contributed by atoms with E-state index in [4.69, 9.17) is 10.7 Å². The first-order valence-corrected chi connectivity index (χ1v) is 9.73. The highest BCUT2D eigenvalue weighted by Gasteiger charge is 2.23. The van der Waals surface area contributed by atoms with E-state index in [1.165, 1.54) is 38.9 Å². The van der Waals surface area contributed by atoms with Gasteiger partial charge in [0.25, 0.3) is 0 Å². The van der Waals surface area contributed by atoms with E-state index in [1.807, 2.05) is 0 Å². The third kappa shape index (κ3) is 8.57. The topological polar surface area (TPSA) is 74.0 Å². The molecule has 0 bridgehead atoms. The van der Waals surface area contributed by atoms with Crippen LogP contribution in [0.3, 0.4) is 0 Å². The second-order valence-corrected chi connectivity index (χ2v) is 7.12. The van der Waals surface area contributed by atoms with Gasteiger partial charge in [-0.15, -0.1) is 24.0 Å². The number of amides is 1. The Morgan fingerprint density at radius 3 is 2.64 bits per heavy atom. The highest BCUT2D eigenvalue weighted by molar-refractivity contribution is 14.0. The molecule has 25 heavy (non-hydrogen) atoms. The number of carbonyl (C=O) groups excluding carboxylic acids is 1. The average Bonchev–Trinajstić information content (AvgIpc) is 3.06. The monoisotopic (exact) mass is 465 g/mol. The number of guanidine groups is 1. The summed E-state index contributed by atoms with van der Waals surface area (Å²) in [5, 5.41) is 3.41. The standard InChI is InChI=1S/C18H35N5O.HI/c1-2-20-18(21-9-3-4-10-22-11-5-6-12-22)23-13-7-8-16(15-23)14-17(19)24;/h16H,2-15H2,1H3,(H2,19,24)(H,20,21);1H. The maximum Gasteiger partial charge on any atom is 0.217 e. The molecule has 2 aliphatic rings. The summed E-state index contributed by atoms with van der Waals surface area (Å²) in [7, 11) is 0. The number of unbranched alkanes of at least 4 members (excludes halogenated alkanes) is 1. The van der Waals surface area contributed by atoms with E-state index in [1.54, 1.807) is 0 Å². The number of nitrogens with zero attached hydrogens (tertiary/aromatic N) is 3. The first kappa shape index (κ1) is 22.5. The van der Waals surface area contributed by atoms with Crippen molar-refractivity contribution >= 4 is 35.8 Å². The van der Waals surface area contributed by atoms with Gasteiger partial charge in [-0.2, -0.15) is 0 Å². The van der Waals surface area contributed by atoms with Crippen LogP contribution in [0.15, 0.2) is 4.99 Å². The highest BCUT2D eigenvalue weighted by atomic mass is 127. The quantitative estimate of drug-likeness (QED) is 0.249. The van der Waals surface area contributed by atoms with Crippen LogP contribution in [0.5, 0.6) is 0 Å². The van der Waals surface area contributed by atoms with Crippen LogP contribution in [0.4, 0.5) is 0 Å². The van der Waals surface area contributed by atoms with Gasteiger partial charge in [-0.05, 0) is 71.0 Å². The molecule has 0 aromatic carbocycles.